The van der Waals surface area contributed by atoms with Crippen LogP contribution in [0, 0.1) is 5.92 Å². The van der Waals surface area contributed by atoms with Gasteiger partial charge in [-0.3, -0.25) is 4.79 Å². The standard InChI is InChI=1S/C10H16O4/c11-9(6-10-13-4-5-14-10)8-2-1-3-12-7-8/h8,10H,1-7H2. The van der Waals surface area contributed by atoms with Gasteiger partial charge in [-0.05, 0) is 12.8 Å². The molecule has 4 nitrogen and oxygen atoms in total. The molecule has 0 spiro atoms. The van der Waals surface area contributed by atoms with Gasteiger partial charge in [0.05, 0.1) is 26.2 Å². The van der Waals surface area contributed by atoms with Gasteiger partial charge in [0.2, 0.25) is 0 Å². The van der Waals surface area contributed by atoms with Crippen molar-refractivity contribution in [3.05, 3.63) is 0 Å². The van der Waals surface area contributed by atoms with Crippen LogP contribution < -0.4 is 0 Å². The Labute approximate surface area is 83.5 Å². The lowest BCUT2D eigenvalue weighted by Crippen LogP contribution is -2.28. The van der Waals surface area contributed by atoms with Crippen LogP contribution in [-0.4, -0.2) is 38.5 Å². The van der Waals surface area contributed by atoms with Gasteiger partial charge in [0, 0.05) is 12.5 Å². The molecule has 0 bridgehead atoms. The molecular formula is C10H16O4. The first-order valence-electron chi connectivity index (χ1n) is 5.20. The predicted molar refractivity (Wildman–Crippen MR) is 48.9 cm³/mol. The maximum atomic E-state index is 11.7. The Morgan fingerprint density at radius 1 is 1.21 bits per heavy atom. The highest BCUT2D eigenvalue weighted by Gasteiger charge is 2.26. The van der Waals surface area contributed by atoms with Crippen LogP contribution in [0.15, 0.2) is 0 Å². The van der Waals surface area contributed by atoms with Crippen molar-refractivity contribution in [2.75, 3.05) is 26.4 Å². The maximum Gasteiger partial charge on any atom is 0.164 e. The average molecular weight is 200 g/mol. The van der Waals surface area contributed by atoms with Gasteiger partial charge in [-0.2, -0.15) is 0 Å². The molecule has 0 amide bonds. The summed E-state index contributed by atoms with van der Waals surface area (Å²) in [6.07, 6.45) is 2.02. The Kier molecular flexibility index (Phi) is 3.50. The van der Waals surface area contributed by atoms with E-state index in [0.29, 0.717) is 26.2 Å². The van der Waals surface area contributed by atoms with Crippen molar-refractivity contribution in [1.29, 1.82) is 0 Å². The summed E-state index contributed by atoms with van der Waals surface area (Å²) in [6.45, 7) is 2.59. The molecule has 2 rings (SSSR count). The molecule has 0 radical (unpaired) electrons. The van der Waals surface area contributed by atoms with Crippen molar-refractivity contribution in [3.63, 3.8) is 0 Å². The summed E-state index contributed by atoms with van der Waals surface area (Å²) in [7, 11) is 0. The van der Waals surface area contributed by atoms with Crippen LogP contribution in [0.2, 0.25) is 0 Å². The highest BCUT2D eigenvalue weighted by Crippen LogP contribution is 2.19. The van der Waals surface area contributed by atoms with Crippen LogP contribution in [0.5, 0.6) is 0 Å². The second-order valence-electron chi connectivity index (χ2n) is 3.76. The smallest absolute Gasteiger partial charge is 0.164 e. The first kappa shape index (κ1) is 10.1. The quantitative estimate of drug-likeness (QED) is 0.674. The minimum atomic E-state index is -0.301. The lowest BCUT2D eigenvalue weighted by Gasteiger charge is -2.21. The molecule has 0 aromatic carbocycles. The lowest BCUT2D eigenvalue weighted by atomic mass is 9.95. The molecule has 2 fully saturated rings. The molecule has 0 aliphatic carbocycles. The van der Waals surface area contributed by atoms with E-state index < -0.39 is 0 Å². The van der Waals surface area contributed by atoms with Crippen LogP contribution in [0.4, 0.5) is 0 Å². The van der Waals surface area contributed by atoms with Gasteiger partial charge in [-0.1, -0.05) is 0 Å². The Balaban J connectivity index is 1.75. The summed E-state index contributed by atoms with van der Waals surface area (Å²) in [4.78, 5) is 11.7. The van der Waals surface area contributed by atoms with E-state index >= 15 is 0 Å². The largest absolute Gasteiger partial charge is 0.381 e. The molecule has 0 aromatic heterocycles. The minimum absolute atomic E-state index is 0.0662. The van der Waals surface area contributed by atoms with Gasteiger partial charge < -0.3 is 14.2 Å². The van der Waals surface area contributed by atoms with E-state index in [1.54, 1.807) is 0 Å². The predicted octanol–water partition coefficient (Wildman–Crippen LogP) is 0.745. The van der Waals surface area contributed by atoms with Crippen molar-refractivity contribution < 1.29 is 19.0 Å². The minimum Gasteiger partial charge on any atom is -0.381 e. The molecule has 2 heterocycles. The number of hydrogen-bond acceptors (Lipinski definition) is 4. The molecule has 1 unspecified atom stereocenters. The van der Waals surface area contributed by atoms with Gasteiger partial charge in [-0.15, -0.1) is 0 Å². The monoisotopic (exact) mass is 200 g/mol. The highest BCUT2D eigenvalue weighted by atomic mass is 16.7. The van der Waals surface area contributed by atoms with E-state index in [4.69, 9.17) is 14.2 Å². The van der Waals surface area contributed by atoms with Gasteiger partial charge in [-0.25, -0.2) is 0 Å². The Morgan fingerprint density at radius 2 is 2.00 bits per heavy atom. The number of Topliss-reactive ketones (excluding diaryl/α,β-unsaturated/α-hetero) is 1. The van der Waals surface area contributed by atoms with Gasteiger partial charge >= 0.3 is 0 Å². The summed E-state index contributed by atoms with van der Waals surface area (Å²) < 4.78 is 15.7. The lowest BCUT2D eigenvalue weighted by molar-refractivity contribution is -0.135. The van der Waals surface area contributed by atoms with Crippen molar-refractivity contribution >= 4 is 5.78 Å². The zero-order valence-electron chi connectivity index (χ0n) is 8.24. The number of carbonyl (C=O) groups is 1. The van der Waals surface area contributed by atoms with Crippen molar-refractivity contribution in [2.45, 2.75) is 25.6 Å². The number of rotatable bonds is 3. The molecule has 2 aliphatic heterocycles. The molecule has 4 heteroatoms. The van der Waals surface area contributed by atoms with E-state index in [1.165, 1.54) is 0 Å². The van der Waals surface area contributed by atoms with E-state index in [-0.39, 0.29) is 18.0 Å². The first-order valence-corrected chi connectivity index (χ1v) is 5.20. The van der Waals surface area contributed by atoms with Crippen LogP contribution in [-0.2, 0) is 19.0 Å². The fraction of sp³-hybridized carbons (Fsp3) is 0.900. The third kappa shape index (κ3) is 2.53. The summed E-state index contributed by atoms with van der Waals surface area (Å²) in [5, 5.41) is 0. The molecule has 80 valence electrons. The Morgan fingerprint density at radius 3 is 2.64 bits per heavy atom. The molecule has 0 N–H and O–H groups in total. The SMILES string of the molecule is O=C(CC1OCCO1)C1CCCOC1. The molecule has 2 saturated heterocycles. The van der Waals surface area contributed by atoms with E-state index in [9.17, 15) is 4.79 Å². The maximum absolute atomic E-state index is 11.7. The average Bonchev–Trinajstić information content (AvgIpc) is 2.72. The Bertz CT molecular complexity index is 192. The van der Waals surface area contributed by atoms with Crippen molar-refractivity contribution in [1.82, 2.24) is 0 Å². The van der Waals surface area contributed by atoms with Crippen molar-refractivity contribution in [2.24, 2.45) is 5.92 Å². The zero-order chi connectivity index (χ0) is 9.80. The normalized spacial score (nSPS) is 29.3. The molecule has 0 saturated carbocycles. The number of ether oxygens (including phenoxy) is 3. The summed E-state index contributed by atoms with van der Waals surface area (Å²) in [6, 6.07) is 0. The fourth-order valence-electron chi connectivity index (χ4n) is 1.85. The summed E-state index contributed by atoms with van der Waals surface area (Å²) >= 11 is 0. The molecule has 14 heavy (non-hydrogen) atoms. The number of hydrogen-bond donors (Lipinski definition) is 0. The summed E-state index contributed by atoms with van der Waals surface area (Å²) in [5.41, 5.74) is 0. The third-order valence-corrected chi connectivity index (χ3v) is 2.67. The van der Waals surface area contributed by atoms with Crippen LogP contribution >= 0.6 is 0 Å². The molecular weight excluding hydrogens is 184 g/mol. The topological polar surface area (TPSA) is 44.8 Å². The third-order valence-electron chi connectivity index (χ3n) is 2.67. The van der Waals surface area contributed by atoms with E-state index in [0.717, 1.165) is 19.4 Å². The Hall–Kier alpha value is -0.450. The van der Waals surface area contributed by atoms with Gasteiger partial charge in [0.25, 0.3) is 0 Å². The van der Waals surface area contributed by atoms with Crippen LogP contribution in [0.25, 0.3) is 0 Å². The second kappa shape index (κ2) is 4.87. The van der Waals surface area contributed by atoms with E-state index in [2.05, 4.69) is 0 Å². The fourth-order valence-corrected chi connectivity index (χ4v) is 1.85. The van der Waals surface area contributed by atoms with Gasteiger partial charge in [0.15, 0.2) is 6.29 Å². The molecule has 1 atom stereocenters. The first-order chi connectivity index (χ1) is 6.86. The molecule has 2 aliphatic rings. The van der Waals surface area contributed by atoms with E-state index in [1.807, 2.05) is 0 Å². The highest BCUT2D eigenvalue weighted by molar-refractivity contribution is 5.81. The number of carbonyl (C=O) groups excluding carboxylic acids is 1. The summed E-state index contributed by atoms with van der Waals surface area (Å²) in [5.74, 6) is 0.285. The van der Waals surface area contributed by atoms with Crippen LogP contribution in [0.3, 0.4) is 0 Å². The molecule has 0 aromatic rings. The zero-order valence-corrected chi connectivity index (χ0v) is 8.24. The second-order valence-corrected chi connectivity index (χ2v) is 3.76. The van der Waals surface area contributed by atoms with Crippen LogP contribution in [0.1, 0.15) is 19.3 Å². The number of ketones is 1. The van der Waals surface area contributed by atoms with Crippen molar-refractivity contribution in [3.8, 4) is 0 Å². The van der Waals surface area contributed by atoms with Gasteiger partial charge in [0.1, 0.15) is 5.78 Å².